The van der Waals surface area contributed by atoms with E-state index in [0.717, 1.165) is 31.2 Å². The molecule has 7 nitrogen and oxygen atoms in total. The van der Waals surface area contributed by atoms with Crippen molar-refractivity contribution < 1.29 is 22.7 Å². The summed E-state index contributed by atoms with van der Waals surface area (Å²) in [5.41, 5.74) is 1.17. The van der Waals surface area contributed by atoms with Crippen LogP contribution in [-0.2, 0) is 16.6 Å². The Morgan fingerprint density at radius 2 is 1.82 bits per heavy atom. The molecule has 1 saturated carbocycles. The number of hydrogen-bond acceptors (Lipinski definition) is 5. The number of amides is 1. The van der Waals surface area contributed by atoms with Crippen LogP contribution in [0.4, 0.5) is 0 Å². The molecule has 0 spiro atoms. The van der Waals surface area contributed by atoms with Gasteiger partial charge in [-0.05, 0) is 48.7 Å². The Balaban J connectivity index is 1.42. The zero-order valence-corrected chi connectivity index (χ0v) is 16.1. The molecule has 2 aromatic carbocycles. The van der Waals surface area contributed by atoms with Crippen molar-refractivity contribution in [3.8, 4) is 11.5 Å². The van der Waals surface area contributed by atoms with Gasteiger partial charge in [-0.2, -0.15) is 0 Å². The van der Waals surface area contributed by atoms with Gasteiger partial charge in [0.05, 0.1) is 4.90 Å². The van der Waals surface area contributed by atoms with Crippen LogP contribution in [0.25, 0.3) is 0 Å². The van der Waals surface area contributed by atoms with Gasteiger partial charge in [-0.1, -0.05) is 25.0 Å². The predicted octanol–water partition coefficient (Wildman–Crippen LogP) is 2.57. The Hall–Kier alpha value is -2.58. The highest BCUT2D eigenvalue weighted by atomic mass is 32.2. The van der Waals surface area contributed by atoms with Crippen molar-refractivity contribution in [1.29, 1.82) is 0 Å². The third-order valence-corrected chi connectivity index (χ3v) is 6.49. The van der Waals surface area contributed by atoms with E-state index < -0.39 is 10.0 Å². The normalized spacial score (nSPS) is 16.3. The molecule has 2 aromatic rings. The fourth-order valence-corrected chi connectivity index (χ4v) is 4.82. The number of ether oxygens (including phenoxy) is 2. The molecule has 1 amide bonds. The monoisotopic (exact) mass is 402 g/mol. The van der Waals surface area contributed by atoms with Crippen LogP contribution in [0.5, 0.6) is 11.5 Å². The van der Waals surface area contributed by atoms with Gasteiger partial charge in [0.1, 0.15) is 0 Å². The van der Waals surface area contributed by atoms with E-state index in [9.17, 15) is 13.2 Å². The Labute approximate surface area is 164 Å². The lowest BCUT2D eigenvalue weighted by Gasteiger charge is -2.13. The summed E-state index contributed by atoms with van der Waals surface area (Å²) in [7, 11) is -3.63. The smallest absolute Gasteiger partial charge is 0.251 e. The van der Waals surface area contributed by atoms with E-state index in [1.807, 2.05) is 12.1 Å². The molecule has 2 aliphatic rings. The molecule has 0 saturated heterocycles. The summed E-state index contributed by atoms with van der Waals surface area (Å²) in [6.45, 7) is 0.494. The van der Waals surface area contributed by atoms with Gasteiger partial charge >= 0.3 is 0 Å². The van der Waals surface area contributed by atoms with Gasteiger partial charge in [-0.25, -0.2) is 13.1 Å². The van der Waals surface area contributed by atoms with Gasteiger partial charge in [-0.15, -0.1) is 0 Å². The van der Waals surface area contributed by atoms with E-state index in [2.05, 4.69) is 10.0 Å². The molecule has 1 aliphatic carbocycles. The second kappa shape index (κ2) is 7.81. The van der Waals surface area contributed by atoms with E-state index in [1.54, 1.807) is 18.2 Å². The molecule has 148 valence electrons. The molecule has 0 atom stereocenters. The average Bonchev–Trinajstić information content (AvgIpc) is 3.37. The highest BCUT2D eigenvalue weighted by molar-refractivity contribution is 7.89. The van der Waals surface area contributed by atoms with E-state index in [4.69, 9.17) is 9.47 Å². The van der Waals surface area contributed by atoms with Crippen LogP contribution in [-0.4, -0.2) is 27.2 Å². The van der Waals surface area contributed by atoms with E-state index in [1.165, 1.54) is 12.1 Å². The number of nitrogens with one attached hydrogen (secondary N) is 2. The summed E-state index contributed by atoms with van der Waals surface area (Å²) in [5.74, 6) is 0.996. The molecular weight excluding hydrogens is 380 g/mol. The Bertz CT molecular complexity index is 984. The summed E-state index contributed by atoms with van der Waals surface area (Å²) in [6, 6.07) is 11.5. The van der Waals surface area contributed by atoms with Crippen LogP contribution in [0.3, 0.4) is 0 Å². The van der Waals surface area contributed by atoms with Crippen LogP contribution >= 0.6 is 0 Å². The molecule has 0 aromatic heterocycles. The molecule has 1 heterocycles. The third-order valence-electron chi connectivity index (χ3n) is 4.97. The van der Waals surface area contributed by atoms with Crippen LogP contribution in [0.2, 0.25) is 0 Å². The maximum absolute atomic E-state index is 12.6. The van der Waals surface area contributed by atoms with E-state index in [0.29, 0.717) is 23.6 Å². The molecule has 4 rings (SSSR count). The van der Waals surface area contributed by atoms with Crippen molar-refractivity contribution in [1.82, 2.24) is 10.0 Å². The maximum Gasteiger partial charge on any atom is 0.251 e. The van der Waals surface area contributed by atoms with Gasteiger partial charge in [0.2, 0.25) is 16.8 Å². The molecule has 28 heavy (non-hydrogen) atoms. The average molecular weight is 402 g/mol. The fourth-order valence-electron chi connectivity index (χ4n) is 3.47. The van der Waals surface area contributed by atoms with Crippen molar-refractivity contribution in [3.63, 3.8) is 0 Å². The zero-order valence-electron chi connectivity index (χ0n) is 15.3. The van der Waals surface area contributed by atoms with Gasteiger partial charge in [0.15, 0.2) is 11.5 Å². The number of benzene rings is 2. The van der Waals surface area contributed by atoms with Gasteiger partial charge in [0.25, 0.3) is 5.91 Å². The molecule has 0 unspecified atom stereocenters. The zero-order chi connectivity index (χ0) is 19.6. The van der Waals surface area contributed by atoms with Crippen molar-refractivity contribution in [2.75, 3.05) is 6.79 Å². The summed E-state index contributed by atoms with van der Waals surface area (Å²) < 4.78 is 38.5. The third kappa shape index (κ3) is 4.13. The lowest BCUT2D eigenvalue weighted by Crippen LogP contribution is -2.32. The summed E-state index contributed by atoms with van der Waals surface area (Å²) in [4.78, 5) is 12.6. The Morgan fingerprint density at radius 1 is 1.04 bits per heavy atom. The first-order valence-electron chi connectivity index (χ1n) is 9.30. The second-order valence-electron chi connectivity index (χ2n) is 7.00. The molecule has 8 heteroatoms. The molecule has 0 bridgehead atoms. The van der Waals surface area contributed by atoms with Gasteiger partial charge < -0.3 is 14.8 Å². The maximum atomic E-state index is 12.6. The fraction of sp³-hybridized carbons (Fsp3) is 0.350. The second-order valence-corrected chi connectivity index (χ2v) is 8.71. The quantitative estimate of drug-likeness (QED) is 0.775. The molecular formula is C20H22N2O5S. The number of sulfonamides is 1. The first kappa shape index (κ1) is 18.8. The highest BCUT2D eigenvalue weighted by Crippen LogP contribution is 2.32. The van der Waals surface area contributed by atoms with Crippen molar-refractivity contribution >= 4 is 15.9 Å². The highest BCUT2D eigenvalue weighted by Gasteiger charge is 2.23. The van der Waals surface area contributed by atoms with Crippen LogP contribution in [0, 0.1) is 0 Å². The Morgan fingerprint density at radius 3 is 2.64 bits per heavy atom. The largest absolute Gasteiger partial charge is 0.454 e. The van der Waals surface area contributed by atoms with Crippen molar-refractivity contribution in [2.45, 2.75) is 43.2 Å². The van der Waals surface area contributed by atoms with Gasteiger partial charge in [0, 0.05) is 18.2 Å². The SMILES string of the molecule is O=C(NCc1ccc2c(c1)OCO2)c1cccc(S(=O)(=O)NC2CCCC2)c1. The van der Waals surface area contributed by atoms with Crippen molar-refractivity contribution in [3.05, 3.63) is 53.6 Å². The van der Waals surface area contributed by atoms with E-state index in [-0.39, 0.29) is 23.6 Å². The summed E-state index contributed by atoms with van der Waals surface area (Å²) in [5, 5.41) is 2.81. The van der Waals surface area contributed by atoms with Gasteiger partial charge in [-0.3, -0.25) is 4.79 Å². The molecule has 2 N–H and O–H groups in total. The molecule has 1 aliphatic heterocycles. The van der Waals surface area contributed by atoms with Crippen LogP contribution in [0.1, 0.15) is 41.6 Å². The number of rotatable bonds is 6. The number of hydrogen-bond donors (Lipinski definition) is 2. The first-order chi connectivity index (χ1) is 13.5. The molecule has 0 radical (unpaired) electrons. The first-order valence-corrected chi connectivity index (χ1v) is 10.8. The number of fused-ring (bicyclic) bond motifs is 1. The van der Waals surface area contributed by atoms with E-state index >= 15 is 0 Å². The lowest BCUT2D eigenvalue weighted by molar-refractivity contribution is 0.0950. The minimum Gasteiger partial charge on any atom is -0.454 e. The standard InChI is InChI=1S/C20H22N2O5S/c23-20(21-12-14-8-9-18-19(10-14)27-13-26-18)15-4-3-7-17(11-15)28(24,25)22-16-5-1-2-6-16/h3-4,7-11,16,22H,1-2,5-6,12-13H2,(H,21,23). The topological polar surface area (TPSA) is 93.7 Å². The minimum absolute atomic E-state index is 0.0199. The lowest BCUT2D eigenvalue weighted by atomic mass is 10.2. The predicted molar refractivity (Wildman–Crippen MR) is 103 cm³/mol. The summed E-state index contributed by atoms with van der Waals surface area (Å²) in [6.07, 6.45) is 3.79. The molecule has 1 fully saturated rings. The van der Waals surface area contributed by atoms with Crippen LogP contribution in [0.15, 0.2) is 47.4 Å². The van der Waals surface area contributed by atoms with Crippen LogP contribution < -0.4 is 19.5 Å². The number of carbonyl (C=O) groups excluding carboxylic acids is 1. The summed E-state index contributed by atoms with van der Waals surface area (Å²) >= 11 is 0. The minimum atomic E-state index is -3.63. The number of carbonyl (C=O) groups is 1. The van der Waals surface area contributed by atoms with Crippen molar-refractivity contribution in [2.24, 2.45) is 0 Å². The Kier molecular flexibility index (Phi) is 5.23.